The van der Waals surface area contributed by atoms with E-state index in [1.165, 1.54) is 19.3 Å². The van der Waals surface area contributed by atoms with E-state index in [1.807, 2.05) is 30.3 Å². The molecule has 0 radical (unpaired) electrons. The number of carbonyl (C=O) groups is 1. The van der Waals surface area contributed by atoms with Gasteiger partial charge in [-0.05, 0) is 18.4 Å². The van der Waals surface area contributed by atoms with Gasteiger partial charge in [-0.25, -0.2) is 0 Å². The number of benzene rings is 1. The molecule has 110 valence electrons. The van der Waals surface area contributed by atoms with Crippen LogP contribution < -0.4 is 0 Å². The van der Waals surface area contributed by atoms with Gasteiger partial charge in [0.25, 0.3) is 0 Å². The lowest BCUT2D eigenvalue weighted by Gasteiger charge is -2.02. The van der Waals surface area contributed by atoms with E-state index in [-0.39, 0.29) is 18.4 Å². The Hall–Kier alpha value is -1.35. The minimum atomic E-state index is -0.278. The number of hydrogen-bond acceptors (Lipinski definition) is 3. The monoisotopic (exact) mass is 276 g/mol. The van der Waals surface area contributed by atoms with Crippen molar-refractivity contribution in [3.63, 3.8) is 0 Å². The molecule has 1 heterocycles. The molecule has 1 aromatic rings. The molecule has 0 spiro atoms. The van der Waals surface area contributed by atoms with Crippen LogP contribution in [0.1, 0.15) is 51.0 Å². The zero-order valence-electron chi connectivity index (χ0n) is 12.2. The maximum Gasteiger partial charge on any atom is 0.308 e. The Kier molecular flexibility index (Phi) is 6.06. The van der Waals surface area contributed by atoms with Crippen LogP contribution in [-0.2, 0) is 20.7 Å². The summed E-state index contributed by atoms with van der Waals surface area (Å²) in [7, 11) is 0. The van der Waals surface area contributed by atoms with E-state index in [2.05, 4.69) is 6.92 Å². The zero-order chi connectivity index (χ0) is 14.2. The molecule has 0 amide bonds. The van der Waals surface area contributed by atoms with Crippen LogP contribution in [0.15, 0.2) is 30.3 Å². The molecule has 1 aliphatic heterocycles. The predicted molar refractivity (Wildman–Crippen MR) is 78.3 cm³/mol. The van der Waals surface area contributed by atoms with Gasteiger partial charge < -0.3 is 9.47 Å². The Balaban J connectivity index is 1.55. The molecular formula is C17H24O3. The second kappa shape index (κ2) is 8.05. The summed E-state index contributed by atoms with van der Waals surface area (Å²) in [5, 5.41) is 0. The molecule has 3 nitrogen and oxygen atoms in total. The van der Waals surface area contributed by atoms with Gasteiger partial charge in [-0.1, -0.05) is 62.9 Å². The molecular weight excluding hydrogens is 252 g/mol. The van der Waals surface area contributed by atoms with Crippen LogP contribution in [0.25, 0.3) is 0 Å². The summed E-state index contributed by atoms with van der Waals surface area (Å²) in [4.78, 5) is 11.7. The molecule has 0 unspecified atom stereocenters. The predicted octanol–water partition coefficient (Wildman–Crippen LogP) is 3.86. The maximum absolute atomic E-state index is 11.7. The van der Waals surface area contributed by atoms with E-state index in [0.717, 1.165) is 24.8 Å². The fourth-order valence-corrected chi connectivity index (χ4v) is 2.29. The van der Waals surface area contributed by atoms with E-state index in [9.17, 15) is 4.79 Å². The molecule has 1 fully saturated rings. The molecule has 2 rings (SSSR count). The Bertz CT molecular complexity index is 402. The van der Waals surface area contributed by atoms with E-state index in [4.69, 9.17) is 9.47 Å². The lowest BCUT2D eigenvalue weighted by molar-refractivity contribution is -0.148. The molecule has 1 saturated heterocycles. The fourth-order valence-electron chi connectivity index (χ4n) is 2.29. The first-order valence-corrected chi connectivity index (χ1v) is 7.68. The summed E-state index contributed by atoms with van der Waals surface area (Å²) >= 11 is 0. The third-order valence-electron chi connectivity index (χ3n) is 3.59. The lowest BCUT2D eigenvalue weighted by atomic mass is 10.1. The maximum atomic E-state index is 11.7. The van der Waals surface area contributed by atoms with Crippen molar-refractivity contribution < 1.29 is 14.3 Å². The van der Waals surface area contributed by atoms with Gasteiger partial charge in [0, 0.05) is 6.42 Å². The second-order valence-electron chi connectivity index (χ2n) is 5.37. The highest BCUT2D eigenvalue weighted by Gasteiger charge is 2.41. The van der Waals surface area contributed by atoms with Crippen molar-refractivity contribution >= 4 is 5.97 Å². The van der Waals surface area contributed by atoms with Crippen molar-refractivity contribution in [1.82, 2.24) is 0 Å². The van der Waals surface area contributed by atoms with Crippen molar-refractivity contribution in [3.8, 4) is 0 Å². The number of hydrogen-bond donors (Lipinski definition) is 0. The molecule has 3 heteroatoms. The third-order valence-corrected chi connectivity index (χ3v) is 3.59. The van der Waals surface area contributed by atoms with Crippen LogP contribution in [0.2, 0.25) is 0 Å². The Morgan fingerprint density at radius 1 is 1.20 bits per heavy atom. The summed E-state index contributed by atoms with van der Waals surface area (Å²) < 4.78 is 10.7. The summed E-state index contributed by atoms with van der Waals surface area (Å²) in [6.45, 7) is 2.20. The highest BCUT2D eigenvalue weighted by atomic mass is 16.8. The van der Waals surface area contributed by atoms with Gasteiger partial charge in [0.05, 0.1) is 0 Å². The van der Waals surface area contributed by atoms with Gasteiger partial charge in [0.15, 0.2) is 0 Å². The van der Waals surface area contributed by atoms with E-state index >= 15 is 0 Å². The lowest BCUT2D eigenvalue weighted by Crippen LogP contribution is -2.10. The Morgan fingerprint density at radius 2 is 2.00 bits per heavy atom. The number of unbranched alkanes of at least 4 members (excludes halogenated alkanes) is 3. The summed E-state index contributed by atoms with van der Waals surface area (Å²) in [5.41, 5.74) is 1.16. The van der Waals surface area contributed by atoms with Crippen LogP contribution in [0.4, 0.5) is 0 Å². The minimum Gasteiger partial charge on any atom is -0.433 e. The standard InChI is InChI=1S/C17H24O3/c1-2-3-4-8-11-15-17(19-15)20-16(18)13-12-14-9-6-5-7-10-14/h5-7,9-10,15,17H,2-4,8,11-13H2,1H3/t15-,17+/m1/s1. The number of epoxide rings is 1. The van der Waals surface area contributed by atoms with Gasteiger partial charge in [0.1, 0.15) is 6.10 Å². The minimum absolute atomic E-state index is 0.146. The Labute approximate surface area is 121 Å². The van der Waals surface area contributed by atoms with Gasteiger partial charge in [-0.3, -0.25) is 4.79 Å². The topological polar surface area (TPSA) is 38.8 Å². The van der Waals surface area contributed by atoms with Gasteiger partial charge in [-0.15, -0.1) is 0 Å². The number of esters is 1. The first-order valence-electron chi connectivity index (χ1n) is 7.68. The summed E-state index contributed by atoms with van der Waals surface area (Å²) in [6, 6.07) is 9.99. The SMILES string of the molecule is CCCCCC[C@H]1O[C@H]1OC(=O)CCc1ccccc1. The van der Waals surface area contributed by atoms with Gasteiger partial charge in [-0.2, -0.15) is 0 Å². The molecule has 0 saturated carbocycles. The first kappa shape index (κ1) is 15.0. The first-order chi connectivity index (χ1) is 9.79. The van der Waals surface area contributed by atoms with Crippen molar-refractivity contribution in [2.45, 2.75) is 64.3 Å². The average molecular weight is 276 g/mol. The van der Waals surface area contributed by atoms with Gasteiger partial charge >= 0.3 is 5.97 Å². The average Bonchev–Trinajstić information content (AvgIpc) is 3.20. The van der Waals surface area contributed by atoms with Crippen LogP contribution in [0.5, 0.6) is 0 Å². The molecule has 0 N–H and O–H groups in total. The number of aryl methyl sites for hydroxylation is 1. The van der Waals surface area contributed by atoms with Crippen molar-refractivity contribution in [1.29, 1.82) is 0 Å². The molecule has 2 atom stereocenters. The van der Waals surface area contributed by atoms with Crippen LogP contribution in [-0.4, -0.2) is 18.4 Å². The van der Waals surface area contributed by atoms with Crippen LogP contribution >= 0.6 is 0 Å². The highest BCUT2D eigenvalue weighted by molar-refractivity contribution is 5.70. The third kappa shape index (κ3) is 5.33. The van der Waals surface area contributed by atoms with Crippen LogP contribution in [0.3, 0.4) is 0 Å². The van der Waals surface area contributed by atoms with Gasteiger partial charge in [0.2, 0.25) is 6.29 Å². The molecule has 0 aliphatic carbocycles. The number of ether oxygens (including phenoxy) is 2. The largest absolute Gasteiger partial charge is 0.433 e. The van der Waals surface area contributed by atoms with Crippen molar-refractivity contribution in [2.24, 2.45) is 0 Å². The fraction of sp³-hybridized carbons (Fsp3) is 0.588. The normalized spacial score (nSPS) is 20.6. The molecule has 0 bridgehead atoms. The number of carbonyl (C=O) groups excluding carboxylic acids is 1. The highest BCUT2D eigenvalue weighted by Crippen LogP contribution is 2.29. The number of rotatable bonds is 9. The van der Waals surface area contributed by atoms with Crippen molar-refractivity contribution in [2.75, 3.05) is 0 Å². The molecule has 1 aliphatic rings. The Morgan fingerprint density at radius 3 is 2.75 bits per heavy atom. The van der Waals surface area contributed by atoms with Crippen molar-refractivity contribution in [3.05, 3.63) is 35.9 Å². The summed E-state index contributed by atoms with van der Waals surface area (Å²) in [6.07, 6.45) is 6.95. The molecule has 0 aromatic heterocycles. The van der Waals surface area contributed by atoms with E-state index < -0.39 is 0 Å². The second-order valence-corrected chi connectivity index (χ2v) is 5.37. The van der Waals surface area contributed by atoms with Crippen LogP contribution in [0, 0.1) is 0 Å². The zero-order valence-corrected chi connectivity index (χ0v) is 12.2. The molecule has 1 aromatic carbocycles. The quantitative estimate of drug-likeness (QED) is 0.390. The summed E-state index contributed by atoms with van der Waals surface area (Å²) in [5.74, 6) is -0.157. The van der Waals surface area contributed by atoms with E-state index in [0.29, 0.717) is 6.42 Å². The molecule has 20 heavy (non-hydrogen) atoms. The van der Waals surface area contributed by atoms with E-state index in [1.54, 1.807) is 0 Å². The smallest absolute Gasteiger partial charge is 0.308 e.